The summed E-state index contributed by atoms with van der Waals surface area (Å²) in [5.41, 5.74) is 0.213. The van der Waals surface area contributed by atoms with Gasteiger partial charge in [0.1, 0.15) is 11.1 Å². The van der Waals surface area contributed by atoms with Crippen LogP contribution < -0.4 is 20.3 Å². The van der Waals surface area contributed by atoms with E-state index in [1.807, 2.05) is 4.90 Å². The summed E-state index contributed by atoms with van der Waals surface area (Å²) in [5, 5.41) is 10.2. The van der Waals surface area contributed by atoms with Crippen LogP contribution in [0.5, 0.6) is 5.88 Å². The molecule has 0 radical (unpaired) electrons. The van der Waals surface area contributed by atoms with Crippen molar-refractivity contribution < 1.29 is 22.7 Å². The molecule has 0 bridgehead atoms. The van der Waals surface area contributed by atoms with Gasteiger partial charge >= 0.3 is 0 Å². The van der Waals surface area contributed by atoms with Gasteiger partial charge in [-0.1, -0.05) is 0 Å². The normalized spacial score (nSPS) is 14.3. The number of amides is 1. The van der Waals surface area contributed by atoms with Gasteiger partial charge in [-0.2, -0.15) is 10.1 Å². The molecule has 0 spiro atoms. The van der Waals surface area contributed by atoms with Crippen molar-refractivity contribution in [3.05, 3.63) is 35.9 Å². The summed E-state index contributed by atoms with van der Waals surface area (Å²) >= 11 is 0. The third-order valence-corrected chi connectivity index (χ3v) is 4.67. The molecular weight excluding hydrogens is 415 g/mol. The largest absolute Gasteiger partial charge is 0.471 e. The molecule has 1 saturated heterocycles. The molecule has 2 N–H and O–H groups in total. The fraction of sp³-hybridized carbons (Fsp3) is 0.368. The van der Waals surface area contributed by atoms with E-state index in [1.165, 1.54) is 10.9 Å². The zero-order valence-electron chi connectivity index (χ0n) is 16.6. The number of piperazine rings is 1. The number of rotatable bonds is 6. The van der Waals surface area contributed by atoms with Gasteiger partial charge in [0.05, 0.1) is 0 Å². The summed E-state index contributed by atoms with van der Waals surface area (Å²) in [4.78, 5) is 23.0. The summed E-state index contributed by atoms with van der Waals surface area (Å²) in [6, 6.07) is 2.68. The number of aryl methyl sites for hydroxylation is 1. The van der Waals surface area contributed by atoms with Crippen molar-refractivity contribution in [2.45, 2.75) is 6.43 Å². The third-order valence-electron chi connectivity index (χ3n) is 4.67. The molecule has 1 aliphatic rings. The molecule has 0 atom stereocenters. The van der Waals surface area contributed by atoms with Crippen LogP contribution in [-0.2, 0) is 7.05 Å². The van der Waals surface area contributed by atoms with E-state index >= 15 is 0 Å². The summed E-state index contributed by atoms with van der Waals surface area (Å²) in [7, 11) is 1.65. The van der Waals surface area contributed by atoms with Crippen LogP contribution in [0.3, 0.4) is 0 Å². The molecule has 1 aromatic carbocycles. The monoisotopic (exact) mass is 435 g/mol. The van der Waals surface area contributed by atoms with Crippen molar-refractivity contribution in [3.63, 3.8) is 0 Å². The molecule has 0 unspecified atom stereocenters. The fourth-order valence-corrected chi connectivity index (χ4v) is 3.27. The molecular formula is C19H20F3N7O2. The lowest BCUT2D eigenvalue weighted by molar-refractivity contribution is 0.0779. The highest BCUT2D eigenvalue weighted by Crippen LogP contribution is 2.24. The number of hydrogen-bond donors (Lipinski definition) is 2. The minimum absolute atomic E-state index is 0.133. The maximum atomic E-state index is 14.3. The van der Waals surface area contributed by atoms with Crippen LogP contribution in [0.2, 0.25) is 0 Å². The lowest BCUT2D eigenvalue weighted by Gasteiger charge is -2.27. The number of carbonyl (C=O) groups is 1. The van der Waals surface area contributed by atoms with E-state index in [9.17, 15) is 18.0 Å². The Balaban J connectivity index is 1.61. The molecule has 1 aliphatic heterocycles. The number of halogens is 3. The fourth-order valence-electron chi connectivity index (χ4n) is 3.27. The number of nitrogens with one attached hydrogen (secondary N) is 2. The number of nitrogens with zero attached hydrogens (tertiary/aromatic N) is 5. The van der Waals surface area contributed by atoms with E-state index in [4.69, 9.17) is 4.74 Å². The standard InChI is InChI=1S/C19H20F3N7O2/c1-28-9-11-6-12(7-14(20)16(11)27-28)25-17(30)13-8-24-19(29-4-2-23-3-5-29)26-18(13)31-10-15(21)22/h6-9,15,23H,2-5,10H2,1H3,(H,25,30). The van der Waals surface area contributed by atoms with Crippen molar-refractivity contribution in [2.75, 3.05) is 43.0 Å². The highest BCUT2D eigenvalue weighted by atomic mass is 19.3. The molecule has 1 fully saturated rings. The maximum Gasteiger partial charge on any atom is 0.272 e. The number of alkyl halides is 2. The van der Waals surface area contributed by atoms with E-state index < -0.39 is 24.8 Å². The average Bonchev–Trinajstić information content (AvgIpc) is 3.13. The predicted molar refractivity (Wildman–Crippen MR) is 107 cm³/mol. The Labute approximate surface area is 175 Å². The van der Waals surface area contributed by atoms with Gasteiger partial charge in [-0.15, -0.1) is 0 Å². The summed E-state index contributed by atoms with van der Waals surface area (Å²) in [6.45, 7) is 1.78. The SMILES string of the molecule is Cn1cc2cc(NC(=O)c3cnc(N4CCNCC4)nc3OCC(F)F)cc(F)c2n1. The molecule has 9 nitrogen and oxygen atoms in total. The molecule has 4 rings (SSSR count). The predicted octanol–water partition coefficient (Wildman–Crippen LogP) is 1.81. The van der Waals surface area contributed by atoms with Gasteiger partial charge in [-0.05, 0) is 12.1 Å². The zero-order chi connectivity index (χ0) is 22.0. The lowest BCUT2D eigenvalue weighted by Crippen LogP contribution is -2.44. The Kier molecular flexibility index (Phi) is 5.89. The zero-order valence-corrected chi connectivity index (χ0v) is 16.6. The van der Waals surface area contributed by atoms with Crippen molar-refractivity contribution in [2.24, 2.45) is 7.05 Å². The molecule has 0 saturated carbocycles. The van der Waals surface area contributed by atoms with Gasteiger partial charge < -0.3 is 20.3 Å². The number of anilines is 2. The van der Waals surface area contributed by atoms with Crippen LogP contribution in [-0.4, -0.2) is 64.9 Å². The highest BCUT2D eigenvalue weighted by molar-refractivity contribution is 6.06. The van der Waals surface area contributed by atoms with Crippen molar-refractivity contribution in [3.8, 4) is 5.88 Å². The van der Waals surface area contributed by atoms with Gasteiger partial charge in [0.15, 0.2) is 12.4 Å². The van der Waals surface area contributed by atoms with Crippen LogP contribution >= 0.6 is 0 Å². The number of hydrogen-bond acceptors (Lipinski definition) is 7. The van der Waals surface area contributed by atoms with Crippen LogP contribution in [0.1, 0.15) is 10.4 Å². The third kappa shape index (κ3) is 4.68. The van der Waals surface area contributed by atoms with Gasteiger partial charge in [-0.25, -0.2) is 18.2 Å². The van der Waals surface area contributed by atoms with Crippen LogP contribution in [0, 0.1) is 5.82 Å². The van der Waals surface area contributed by atoms with E-state index in [0.29, 0.717) is 18.5 Å². The van der Waals surface area contributed by atoms with Crippen LogP contribution in [0.25, 0.3) is 10.9 Å². The minimum Gasteiger partial charge on any atom is -0.471 e. The van der Waals surface area contributed by atoms with Gasteiger partial charge in [0, 0.05) is 56.7 Å². The van der Waals surface area contributed by atoms with Gasteiger partial charge in [-0.3, -0.25) is 9.48 Å². The number of benzene rings is 1. The maximum absolute atomic E-state index is 14.3. The van der Waals surface area contributed by atoms with Gasteiger partial charge in [0.25, 0.3) is 12.3 Å². The Morgan fingerprint density at radius 1 is 1.32 bits per heavy atom. The second-order valence-electron chi connectivity index (χ2n) is 6.98. The van der Waals surface area contributed by atoms with Crippen LogP contribution in [0.4, 0.5) is 24.8 Å². The summed E-state index contributed by atoms with van der Waals surface area (Å²) < 4.78 is 46.3. The van der Waals surface area contributed by atoms with E-state index in [2.05, 4.69) is 25.7 Å². The topological polar surface area (TPSA) is 97.2 Å². The second kappa shape index (κ2) is 8.76. The van der Waals surface area contributed by atoms with E-state index in [0.717, 1.165) is 19.2 Å². The minimum atomic E-state index is -2.74. The van der Waals surface area contributed by atoms with Gasteiger partial charge in [0.2, 0.25) is 11.8 Å². The number of carbonyl (C=O) groups excluding carboxylic acids is 1. The Morgan fingerprint density at radius 3 is 2.84 bits per heavy atom. The van der Waals surface area contributed by atoms with Crippen molar-refractivity contribution in [1.82, 2.24) is 25.1 Å². The first kappa shape index (κ1) is 20.8. The Hall–Kier alpha value is -3.41. The lowest BCUT2D eigenvalue weighted by atomic mass is 10.2. The summed E-state index contributed by atoms with van der Waals surface area (Å²) in [6.07, 6.45) is 0.0893. The molecule has 3 heterocycles. The van der Waals surface area contributed by atoms with E-state index in [1.54, 1.807) is 19.3 Å². The molecule has 3 aromatic rings. The molecule has 1 amide bonds. The van der Waals surface area contributed by atoms with Crippen molar-refractivity contribution in [1.29, 1.82) is 0 Å². The van der Waals surface area contributed by atoms with E-state index in [-0.39, 0.29) is 28.6 Å². The van der Waals surface area contributed by atoms with Crippen LogP contribution in [0.15, 0.2) is 24.5 Å². The number of ether oxygens (including phenoxy) is 1. The number of aromatic nitrogens is 4. The number of fused-ring (bicyclic) bond motifs is 1. The highest BCUT2D eigenvalue weighted by Gasteiger charge is 2.21. The molecule has 164 valence electrons. The first-order chi connectivity index (χ1) is 14.9. The quantitative estimate of drug-likeness (QED) is 0.610. The summed E-state index contributed by atoms with van der Waals surface area (Å²) in [5.74, 6) is -1.29. The smallest absolute Gasteiger partial charge is 0.272 e. The first-order valence-electron chi connectivity index (χ1n) is 9.58. The van der Waals surface area contributed by atoms with Crippen molar-refractivity contribution >= 4 is 28.4 Å². The average molecular weight is 435 g/mol. The first-order valence-corrected chi connectivity index (χ1v) is 9.58. The molecule has 31 heavy (non-hydrogen) atoms. The Morgan fingerprint density at radius 2 is 2.10 bits per heavy atom. The molecule has 0 aliphatic carbocycles. The Bertz CT molecular complexity index is 1100. The molecule has 2 aromatic heterocycles. The molecule has 12 heteroatoms. The second-order valence-corrected chi connectivity index (χ2v) is 6.98.